The number of benzene rings is 1. The van der Waals surface area contributed by atoms with Gasteiger partial charge in [0.1, 0.15) is 12.3 Å². The first-order chi connectivity index (χ1) is 13.8. The standard InChI is InChI=1S/C19H22N2O7S/c1-10-15-14(11(2)22)18(23)20(15)16(17(10)29-9-27-3)19(24)28-8-12-4-6-13(7-5-12)21(25)26/h4-7,10-11,14-15,22H,8-9H2,1-3H3/t10-,11-,14-,15-/m1/s1. The fourth-order valence-electron chi connectivity index (χ4n) is 3.76. The topological polar surface area (TPSA) is 119 Å². The average molecular weight is 422 g/mol. The third-order valence-electron chi connectivity index (χ3n) is 5.15. The van der Waals surface area contributed by atoms with Crippen LogP contribution in [0, 0.1) is 22.0 Å². The van der Waals surface area contributed by atoms with Crippen LogP contribution in [-0.2, 0) is 25.7 Å². The normalized spacial score (nSPS) is 24.2. The molecule has 2 aliphatic rings. The van der Waals surface area contributed by atoms with Crippen molar-refractivity contribution in [3.05, 3.63) is 50.5 Å². The highest BCUT2D eigenvalue weighted by Gasteiger charge is 2.60. The zero-order chi connectivity index (χ0) is 21.3. The first-order valence-corrected chi connectivity index (χ1v) is 10.0. The van der Waals surface area contributed by atoms with E-state index in [0.717, 1.165) is 0 Å². The number of non-ortho nitro benzene ring substituents is 1. The van der Waals surface area contributed by atoms with Gasteiger partial charge in [-0.15, -0.1) is 0 Å². The fourth-order valence-corrected chi connectivity index (χ4v) is 4.72. The highest BCUT2D eigenvalue weighted by molar-refractivity contribution is 8.03. The molecule has 9 nitrogen and oxygen atoms in total. The van der Waals surface area contributed by atoms with Crippen molar-refractivity contribution < 1.29 is 29.1 Å². The quantitative estimate of drug-likeness (QED) is 0.222. The van der Waals surface area contributed by atoms with Crippen molar-refractivity contribution in [1.82, 2.24) is 4.90 Å². The van der Waals surface area contributed by atoms with Gasteiger partial charge >= 0.3 is 5.97 Å². The second-order valence-electron chi connectivity index (χ2n) is 7.02. The molecule has 3 rings (SSSR count). The highest BCUT2D eigenvalue weighted by Crippen LogP contribution is 2.50. The number of fused-ring (bicyclic) bond motifs is 1. The Morgan fingerprint density at radius 3 is 2.59 bits per heavy atom. The Kier molecular flexibility index (Phi) is 6.25. The van der Waals surface area contributed by atoms with Crippen LogP contribution in [-0.4, -0.2) is 52.0 Å². The Morgan fingerprint density at radius 2 is 2.03 bits per heavy atom. The third-order valence-corrected chi connectivity index (χ3v) is 6.38. The van der Waals surface area contributed by atoms with E-state index in [1.165, 1.54) is 40.9 Å². The lowest BCUT2D eigenvalue weighted by atomic mass is 9.79. The molecule has 2 aliphatic heterocycles. The van der Waals surface area contributed by atoms with Gasteiger partial charge in [0.15, 0.2) is 0 Å². The summed E-state index contributed by atoms with van der Waals surface area (Å²) in [5.74, 6) is -1.31. The Bertz CT molecular complexity index is 853. The Morgan fingerprint density at radius 1 is 1.38 bits per heavy atom. The van der Waals surface area contributed by atoms with Gasteiger partial charge in [-0.25, -0.2) is 4.79 Å². The number of amides is 1. The maximum Gasteiger partial charge on any atom is 0.356 e. The zero-order valence-corrected chi connectivity index (χ0v) is 17.0. The van der Waals surface area contributed by atoms with E-state index >= 15 is 0 Å². The number of hydrogen-bond donors (Lipinski definition) is 1. The van der Waals surface area contributed by atoms with Gasteiger partial charge < -0.3 is 19.5 Å². The molecule has 10 heteroatoms. The van der Waals surface area contributed by atoms with Crippen LogP contribution < -0.4 is 0 Å². The van der Waals surface area contributed by atoms with Crippen LogP contribution in [0.1, 0.15) is 19.4 Å². The van der Waals surface area contributed by atoms with Gasteiger partial charge in [-0.3, -0.25) is 14.9 Å². The summed E-state index contributed by atoms with van der Waals surface area (Å²) in [7, 11) is 1.54. The molecule has 0 saturated carbocycles. The van der Waals surface area contributed by atoms with Crippen LogP contribution in [0.5, 0.6) is 0 Å². The molecule has 1 aromatic carbocycles. The molecule has 2 heterocycles. The van der Waals surface area contributed by atoms with Crippen LogP contribution in [0.25, 0.3) is 0 Å². The summed E-state index contributed by atoms with van der Waals surface area (Å²) in [6, 6.07) is 5.41. The molecule has 4 atom stereocenters. The van der Waals surface area contributed by atoms with E-state index in [4.69, 9.17) is 9.47 Å². The number of nitro benzene ring substituents is 1. The summed E-state index contributed by atoms with van der Waals surface area (Å²) in [6.07, 6.45) is -0.810. The minimum atomic E-state index is -0.810. The minimum absolute atomic E-state index is 0.0520. The van der Waals surface area contributed by atoms with Crippen LogP contribution in [0.3, 0.4) is 0 Å². The van der Waals surface area contributed by atoms with E-state index in [-0.39, 0.29) is 35.9 Å². The molecule has 1 fully saturated rings. The Hall–Kier alpha value is -2.43. The SMILES string of the molecule is COCSC1=C(C(=O)OCc2ccc([N+](=O)[O-])cc2)N2C(=O)[C@H]([C@@H](C)O)[C@H]2[C@H]1C. The number of β-lactam (4-membered cyclic amide) rings is 1. The summed E-state index contributed by atoms with van der Waals surface area (Å²) >= 11 is 1.32. The van der Waals surface area contributed by atoms with E-state index in [1.54, 1.807) is 14.0 Å². The molecule has 0 aliphatic carbocycles. The molecule has 0 spiro atoms. The lowest BCUT2D eigenvalue weighted by Crippen LogP contribution is -2.63. The van der Waals surface area contributed by atoms with E-state index in [2.05, 4.69) is 0 Å². The minimum Gasteiger partial charge on any atom is -0.456 e. The molecule has 1 saturated heterocycles. The van der Waals surface area contributed by atoms with Crippen LogP contribution in [0.4, 0.5) is 5.69 Å². The van der Waals surface area contributed by atoms with E-state index in [1.807, 2.05) is 6.92 Å². The van der Waals surface area contributed by atoms with Crippen molar-refractivity contribution in [1.29, 1.82) is 0 Å². The third kappa shape index (κ3) is 3.87. The number of ether oxygens (including phenoxy) is 2. The lowest BCUT2D eigenvalue weighted by molar-refractivity contribution is -0.384. The largest absolute Gasteiger partial charge is 0.456 e. The number of carbonyl (C=O) groups is 2. The van der Waals surface area contributed by atoms with Gasteiger partial charge in [-0.2, -0.15) is 0 Å². The number of esters is 1. The number of nitro groups is 1. The molecule has 1 aromatic rings. The number of rotatable bonds is 8. The lowest BCUT2D eigenvalue weighted by Gasteiger charge is -2.46. The molecular weight excluding hydrogens is 400 g/mol. The summed E-state index contributed by atoms with van der Waals surface area (Å²) in [4.78, 5) is 37.7. The summed E-state index contributed by atoms with van der Waals surface area (Å²) < 4.78 is 10.5. The molecule has 0 aromatic heterocycles. The summed E-state index contributed by atoms with van der Waals surface area (Å²) in [5.41, 5.74) is 0.729. The maximum atomic E-state index is 12.8. The van der Waals surface area contributed by atoms with Crippen LogP contribution >= 0.6 is 11.8 Å². The van der Waals surface area contributed by atoms with Crippen LogP contribution in [0.2, 0.25) is 0 Å². The number of nitrogens with zero attached hydrogens (tertiary/aromatic N) is 2. The van der Waals surface area contributed by atoms with Gasteiger partial charge in [0, 0.05) is 30.1 Å². The van der Waals surface area contributed by atoms with Gasteiger partial charge in [0.2, 0.25) is 5.91 Å². The van der Waals surface area contributed by atoms with Crippen LogP contribution in [0.15, 0.2) is 34.9 Å². The molecule has 0 bridgehead atoms. The van der Waals surface area contributed by atoms with E-state index in [0.29, 0.717) is 16.4 Å². The van der Waals surface area contributed by atoms with Crippen molar-refractivity contribution >= 4 is 29.3 Å². The van der Waals surface area contributed by atoms with E-state index in [9.17, 15) is 24.8 Å². The monoisotopic (exact) mass is 422 g/mol. The summed E-state index contributed by atoms with van der Waals surface area (Å²) in [6.45, 7) is 3.40. The fraction of sp³-hybridized carbons (Fsp3) is 0.474. The maximum absolute atomic E-state index is 12.8. The predicted molar refractivity (Wildman–Crippen MR) is 104 cm³/mol. The average Bonchev–Trinajstić information content (AvgIpc) is 2.92. The number of carbonyl (C=O) groups excluding carboxylic acids is 2. The zero-order valence-electron chi connectivity index (χ0n) is 16.2. The second-order valence-corrected chi connectivity index (χ2v) is 7.98. The van der Waals surface area contributed by atoms with Gasteiger partial charge in [-0.05, 0) is 24.6 Å². The highest BCUT2D eigenvalue weighted by atomic mass is 32.2. The number of aliphatic hydroxyl groups is 1. The molecule has 1 amide bonds. The number of methoxy groups -OCH3 is 1. The second kappa shape index (κ2) is 8.52. The van der Waals surface area contributed by atoms with Crippen molar-refractivity contribution in [3.8, 4) is 0 Å². The summed E-state index contributed by atoms with van der Waals surface area (Å²) in [5, 5.41) is 20.7. The first-order valence-electron chi connectivity index (χ1n) is 9.05. The number of aliphatic hydroxyl groups excluding tert-OH is 1. The molecule has 156 valence electrons. The number of hydrogen-bond acceptors (Lipinski definition) is 8. The molecular formula is C19H22N2O7S. The van der Waals surface area contributed by atoms with Gasteiger partial charge in [-0.1, -0.05) is 18.7 Å². The molecule has 1 N–H and O–H groups in total. The molecule has 0 unspecified atom stereocenters. The van der Waals surface area contributed by atoms with Crippen molar-refractivity contribution in [3.63, 3.8) is 0 Å². The van der Waals surface area contributed by atoms with Gasteiger partial charge in [0.05, 0.1) is 28.9 Å². The molecule has 29 heavy (non-hydrogen) atoms. The van der Waals surface area contributed by atoms with E-state index < -0.39 is 22.9 Å². The predicted octanol–water partition coefficient (Wildman–Crippen LogP) is 2.04. The number of thioether (sulfide) groups is 1. The first kappa shape index (κ1) is 21.3. The Balaban J connectivity index is 1.77. The van der Waals surface area contributed by atoms with Crippen molar-refractivity contribution in [2.24, 2.45) is 11.8 Å². The van der Waals surface area contributed by atoms with Crippen molar-refractivity contribution in [2.75, 3.05) is 13.0 Å². The Labute approximate surface area is 171 Å². The molecule has 0 radical (unpaired) electrons. The van der Waals surface area contributed by atoms with Crippen molar-refractivity contribution in [2.45, 2.75) is 32.6 Å². The smallest absolute Gasteiger partial charge is 0.356 e. The van der Waals surface area contributed by atoms with Gasteiger partial charge in [0.25, 0.3) is 5.69 Å².